The minimum absolute atomic E-state index is 0.0944. The van der Waals surface area contributed by atoms with E-state index in [9.17, 15) is 9.59 Å². The molecule has 1 aromatic carbocycles. The number of benzene rings is 1. The van der Waals surface area contributed by atoms with Crippen molar-refractivity contribution in [1.82, 2.24) is 4.98 Å². The van der Waals surface area contributed by atoms with Crippen molar-refractivity contribution in [2.75, 3.05) is 19.0 Å². The summed E-state index contributed by atoms with van der Waals surface area (Å²) >= 11 is 7.17. The highest BCUT2D eigenvalue weighted by molar-refractivity contribution is 7.13. The third-order valence-electron chi connectivity index (χ3n) is 3.29. The molecule has 0 bridgehead atoms. The Labute approximate surface area is 155 Å². The van der Waals surface area contributed by atoms with Crippen LogP contribution in [-0.2, 0) is 20.7 Å². The molecule has 0 spiro atoms. The van der Waals surface area contributed by atoms with E-state index in [2.05, 4.69) is 15.0 Å². The zero-order valence-corrected chi connectivity index (χ0v) is 15.6. The first-order valence-corrected chi connectivity index (χ1v) is 8.93. The molecule has 0 unspecified atom stereocenters. The van der Waals surface area contributed by atoms with E-state index in [1.807, 2.05) is 19.1 Å². The number of methoxy groups -OCH3 is 1. The van der Waals surface area contributed by atoms with Crippen molar-refractivity contribution in [1.29, 1.82) is 0 Å². The first-order valence-electron chi connectivity index (χ1n) is 7.68. The SMILES string of the molecule is COC(=O)Cc1csc(NC(=O)CCCOc2ccc(Cl)cc2C)n1. The average molecular weight is 383 g/mol. The molecule has 0 atom stereocenters. The minimum atomic E-state index is -0.363. The first-order chi connectivity index (χ1) is 12.0. The summed E-state index contributed by atoms with van der Waals surface area (Å²) in [5.41, 5.74) is 1.53. The summed E-state index contributed by atoms with van der Waals surface area (Å²) in [6, 6.07) is 5.42. The second-order valence-corrected chi connectivity index (χ2v) is 6.60. The van der Waals surface area contributed by atoms with Crippen molar-refractivity contribution < 1.29 is 19.1 Å². The van der Waals surface area contributed by atoms with E-state index in [1.165, 1.54) is 18.4 Å². The maximum absolute atomic E-state index is 11.9. The number of ether oxygens (including phenoxy) is 2. The van der Waals surface area contributed by atoms with E-state index in [1.54, 1.807) is 11.4 Å². The van der Waals surface area contributed by atoms with Crippen LogP contribution in [0.5, 0.6) is 5.75 Å². The lowest BCUT2D eigenvalue weighted by Crippen LogP contribution is -2.13. The first kappa shape index (κ1) is 19.2. The van der Waals surface area contributed by atoms with Crippen molar-refractivity contribution in [3.8, 4) is 5.75 Å². The number of anilines is 1. The van der Waals surface area contributed by atoms with E-state index in [-0.39, 0.29) is 18.3 Å². The second-order valence-electron chi connectivity index (χ2n) is 5.31. The molecule has 0 saturated heterocycles. The molecule has 1 aromatic heterocycles. The Morgan fingerprint density at radius 3 is 2.88 bits per heavy atom. The van der Waals surface area contributed by atoms with E-state index in [0.29, 0.717) is 35.3 Å². The summed E-state index contributed by atoms with van der Waals surface area (Å²) in [5, 5.41) is 5.57. The lowest BCUT2D eigenvalue weighted by molar-refractivity contribution is -0.139. The van der Waals surface area contributed by atoms with Crippen LogP contribution in [0.4, 0.5) is 5.13 Å². The number of nitrogens with zero attached hydrogens (tertiary/aromatic N) is 1. The molecular weight excluding hydrogens is 364 g/mol. The highest BCUT2D eigenvalue weighted by Crippen LogP contribution is 2.22. The van der Waals surface area contributed by atoms with Crippen LogP contribution in [0.2, 0.25) is 5.02 Å². The molecule has 0 fully saturated rings. The van der Waals surface area contributed by atoms with E-state index in [0.717, 1.165) is 11.3 Å². The van der Waals surface area contributed by atoms with Gasteiger partial charge in [0.1, 0.15) is 5.75 Å². The maximum atomic E-state index is 11.9. The molecule has 1 heterocycles. The number of aryl methyl sites for hydroxylation is 1. The Kier molecular flexibility index (Phi) is 7.21. The summed E-state index contributed by atoms with van der Waals surface area (Å²) in [4.78, 5) is 27.3. The monoisotopic (exact) mass is 382 g/mol. The molecule has 25 heavy (non-hydrogen) atoms. The standard InChI is InChI=1S/C17H19ClN2O4S/c1-11-8-12(18)5-6-14(11)24-7-3-4-15(21)20-17-19-13(10-25-17)9-16(22)23-2/h5-6,8,10H,3-4,7,9H2,1-2H3,(H,19,20,21). The van der Waals surface area contributed by atoms with Crippen LogP contribution in [0.15, 0.2) is 23.6 Å². The van der Waals surface area contributed by atoms with Crippen LogP contribution < -0.4 is 10.1 Å². The molecule has 0 radical (unpaired) electrons. The molecule has 8 heteroatoms. The molecule has 6 nitrogen and oxygen atoms in total. The molecule has 0 aliphatic heterocycles. The van der Waals surface area contributed by atoms with Gasteiger partial charge in [-0.05, 0) is 37.1 Å². The van der Waals surface area contributed by atoms with Crippen LogP contribution in [0.3, 0.4) is 0 Å². The molecular formula is C17H19ClN2O4S. The van der Waals surface area contributed by atoms with E-state index >= 15 is 0 Å². The van der Waals surface area contributed by atoms with Gasteiger partial charge in [0.15, 0.2) is 5.13 Å². The highest BCUT2D eigenvalue weighted by atomic mass is 35.5. The lowest BCUT2D eigenvalue weighted by atomic mass is 10.2. The van der Waals surface area contributed by atoms with Crippen molar-refractivity contribution in [2.24, 2.45) is 0 Å². The number of amides is 1. The molecule has 1 N–H and O–H groups in total. The van der Waals surface area contributed by atoms with E-state index in [4.69, 9.17) is 16.3 Å². The number of aromatic nitrogens is 1. The summed E-state index contributed by atoms with van der Waals surface area (Å²) in [5.74, 6) is 0.255. The van der Waals surface area contributed by atoms with Crippen molar-refractivity contribution in [2.45, 2.75) is 26.2 Å². The Bertz CT molecular complexity index is 748. The van der Waals surface area contributed by atoms with Gasteiger partial charge in [-0.25, -0.2) is 4.98 Å². The van der Waals surface area contributed by atoms with Gasteiger partial charge in [0, 0.05) is 16.8 Å². The second kappa shape index (κ2) is 9.39. The smallest absolute Gasteiger partial charge is 0.311 e. The van der Waals surface area contributed by atoms with Crippen molar-refractivity contribution >= 4 is 39.9 Å². The summed E-state index contributed by atoms with van der Waals surface area (Å²) in [7, 11) is 1.32. The van der Waals surface area contributed by atoms with Crippen molar-refractivity contribution in [3.05, 3.63) is 39.9 Å². The molecule has 0 aliphatic carbocycles. The molecule has 2 rings (SSSR count). The Balaban J connectivity index is 1.71. The molecule has 134 valence electrons. The van der Waals surface area contributed by atoms with E-state index < -0.39 is 0 Å². The average Bonchev–Trinajstić information content (AvgIpc) is 2.99. The number of thiazole rings is 1. The predicted octanol–water partition coefficient (Wildman–Crippen LogP) is 3.62. The van der Waals surface area contributed by atoms with Gasteiger partial charge in [0.2, 0.25) is 5.91 Å². The van der Waals surface area contributed by atoms with Crippen LogP contribution in [0, 0.1) is 6.92 Å². The summed E-state index contributed by atoms with van der Waals surface area (Å²) in [6.07, 6.45) is 0.990. The number of hydrogen-bond donors (Lipinski definition) is 1. The number of esters is 1. The maximum Gasteiger partial charge on any atom is 0.311 e. The summed E-state index contributed by atoms with van der Waals surface area (Å²) < 4.78 is 10.2. The zero-order valence-electron chi connectivity index (χ0n) is 14.0. The Morgan fingerprint density at radius 1 is 1.36 bits per heavy atom. The van der Waals surface area contributed by atoms with Gasteiger partial charge in [-0.15, -0.1) is 11.3 Å². The van der Waals surface area contributed by atoms with Gasteiger partial charge in [-0.2, -0.15) is 0 Å². The number of carbonyl (C=O) groups is 2. The number of hydrogen-bond acceptors (Lipinski definition) is 6. The number of nitrogens with one attached hydrogen (secondary N) is 1. The number of halogens is 1. The van der Waals surface area contributed by atoms with Gasteiger partial charge in [0.25, 0.3) is 0 Å². The molecule has 0 saturated carbocycles. The van der Waals surface area contributed by atoms with Crippen LogP contribution in [0.1, 0.15) is 24.1 Å². The fourth-order valence-corrected chi connectivity index (χ4v) is 2.99. The van der Waals surface area contributed by atoms with Gasteiger partial charge in [-0.3, -0.25) is 9.59 Å². The highest BCUT2D eigenvalue weighted by Gasteiger charge is 2.10. The largest absolute Gasteiger partial charge is 0.493 e. The van der Waals surface area contributed by atoms with Gasteiger partial charge in [-0.1, -0.05) is 11.6 Å². The molecule has 1 amide bonds. The molecule has 0 aliphatic rings. The van der Waals surface area contributed by atoms with Crippen molar-refractivity contribution in [3.63, 3.8) is 0 Å². The predicted molar refractivity (Wildman–Crippen MR) is 97.4 cm³/mol. The normalized spacial score (nSPS) is 10.4. The third-order valence-corrected chi connectivity index (χ3v) is 4.34. The Hall–Kier alpha value is -2.12. The number of rotatable bonds is 8. The van der Waals surface area contributed by atoms with Gasteiger partial charge < -0.3 is 14.8 Å². The zero-order chi connectivity index (χ0) is 18.2. The number of carbonyl (C=O) groups excluding carboxylic acids is 2. The van der Waals surface area contributed by atoms with Crippen LogP contribution in [-0.4, -0.2) is 30.6 Å². The molecule has 2 aromatic rings. The van der Waals surface area contributed by atoms with Crippen LogP contribution >= 0.6 is 22.9 Å². The van der Waals surface area contributed by atoms with Gasteiger partial charge in [0.05, 0.1) is 25.8 Å². The fraction of sp³-hybridized carbons (Fsp3) is 0.353. The topological polar surface area (TPSA) is 77.5 Å². The van der Waals surface area contributed by atoms with Crippen LogP contribution in [0.25, 0.3) is 0 Å². The Morgan fingerprint density at radius 2 is 2.16 bits per heavy atom. The minimum Gasteiger partial charge on any atom is -0.493 e. The third kappa shape index (κ3) is 6.36. The summed E-state index contributed by atoms with van der Waals surface area (Å²) in [6.45, 7) is 2.35. The lowest BCUT2D eigenvalue weighted by Gasteiger charge is -2.09. The quantitative estimate of drug-likeness (QED) is 0.557. The fourth-order valence-electron chi connectivity index (χ4n) is 2.04. The van der Waals surface area contributed by atoms with Gasteiger partial charge >= 0.3 is 5.97 Å².